The van der Waals surface area contributed by atoms with Crippen molar-refractivity contribution in [2.75, 3.05) is 26.2 Å². The number of hydrogen-bond donors (Lipinski definition) is 1. The minimum atomic E-state index is -0.300. The van der Waals surface area contributed by atoms with E-state index in [2.05, 4.69) is 29.0 Å². The Balaban J connectivity index is 1.71. The molecule has 19 heavy (non-hydrogen) atoms. The van der Waals surface area contributed by atoms with Crippen LogP contribution in [0.25, 0.3) is 0 Å². The number of hydrogen-bond acceptors (Lipinski definition) is 3. The molecule has 3 saturated heterocycles. The van der Waals surface area contributed by atoms with Gasteiger partial charge in [-0.2, -0.15) is 0 Å². The van der Waals surface area contributed by atoms with E-state index < -0.39 is 0 Å². The van der Waals surface area contributed by atoms with Crippen LogP contribution in [0.15, 0.2) is 0 Å². The van der Waals surface area contributed by atoms with Crippen molar-refractivity contribution >= 4 is 5.91 Å². The molecule has 0 aromatic carbocycles. The first-order chi connectivity index (χ1) is 9.10. The lowest BCUT2D eigenvalue weighted by Crippen LogP contribution is -2.64. The first-order valence-electron chi connectivity index (χ1n) is 7.90. The minimum absolute atomic E-state index is 0.300. The van der Waals surface area contributed by atoms with Crippen molar-refractivity contribution in [3.8, 4) is 0 Å². The van der Waals surface area contributed by atoms with E-state index in [-0.39, 0.29) is 5.54 Å². The van der Waals surface area contributed by atoms with Crippen LogP contribution in [0.3, 0.4) is 0 Å². The van der Waals surface area contributed by atoms with E-state index >= 15 is 0 Å². The molecule has 4 heteroatoms. The Morgan fingerprint density at radius 2 is 2.11 bits per heavy atom. The van der Waals surface area contributed by atoms with E-state index in [1.54, 1.807) is 0 Å². The molecule has 0 aromatic rings. The third-order valence-electron chi connectivity index (χ3n) is 5.29. The van der Waals surface area contributed by atoms with Crippen molar-refractivity contribution < 1.29 is 4.79 Å². The first kappa shape index (κ1) is 13.4. The zero-order valence-corrected chi connectivity index (χ0v) is 12.3. The molecule has 3 rings (SSSR count). The van der Waals surface area contributed by atoms with Crippen molar-refractivity contribution in [2.45, 2.75) is 63.6 Å². The summed E-state index contributed by atoms with van der Waals surface area (Å²) in [5, 5.41) is 3.42. The maximum absolute atomic E-state index is 12.9. The quantitative estimate of drug-likeness (QED) is 0.774. The topological polar surface area (TPSA) is 35.6 Å². The standard InChI is InChI=1S/C15H27N3O/c1-12-10-17-9-4-3-6-13(17)11-18(12)14(19)15(2)7-5-8-16-15/h12-13,16H,3-11H2,1-2H3. The van der Waals surface area contributed by atoms with E-state index in [9.17, 15) is 4.79 Å². The van der Waals surface area contributed by atoms with Crippen molar-refractivity contribution in [2.24, 2.45) is 0 Å². The molecule has 0 radical (unpaired) electrons. The lowest BCUT2D eigenvalue weighted by atomic mass is 9.93. The van der Waals surface area contributed by atoms with Gasteiger partial charge in [-0.3, -0.25) is 9.69 Å². The summed E-state index contributed by atoms with van der Waals surface area (Å²) in [6.07, 6.45) is 6.04. The fraction of sp³-hybridized carbons (Fsp3) is 0.933. The molecule has 0 bridgehead atoms. The van der Waals surface area contributed by atoms with Gasteiger partial charge in [0.1, 0.15) is 0 Å². The van der Waals surface area contributed by atoms with E-state index in [1.807, 2.05) is 0 Å². The molecule has 0 saturated carbocycles. The molecule has 0 aliphatic carbocycles. The summed E-state index contributed by atoms with van der Waals surface area (Å²) in [5.41, 5.74) is -0.300. The predicted octanol–water partition coefficient (Wildman–Crippen LogP) is 1.21. The van der Waals surface area contributed by atoms with Crippen molar-refractivity contribution in [3.63, 3.8) is 0 Å². The summed E-state index contributed by atoms with van der Waals surface area (Å²) < 4.78 is 0. The SMILES string of the molecule is CC1CN2CCCCC2CN1C(=O)C1(C)CCCN1. The number of rotatable bonds is 1. The van der Waals surface area contributed by atoms with Gasteiger partial charge in [-0.1, -0.05) is 6.42 Å². The monoisotopic (exact) mass is 265 g/mol. The van der Waals surface area contributed by atoms with Gasteiger partial charge in [-0.25, -0.2) is 0 Å². The zero-order valence-electron chi connectivity index (χ0n) is 12.3. The van der Waals surface area contributed by atoms with E-state index in [0.717, 1.165) is 32.5 Å². The van der Waals surface area contributed by atoms with Gasteiger partial charge in [0.15, 0.2) is 0 Å². The van der Waals surface area contributed by atoms with Crippen LogP contribution in [0.5, 0.6) is 0 Å². The maximum atomic E-state index is 12.9. The summed E-state index contributed by atoms with van der Waals surface area (Å²) >= 11 is 0. The summed E-state index contributed by atoms with van der Waals surface area (Å²) in [6.45, 7) is 8.51. The fourth-order valence-electron chi connectivity index (χ4n) is 4.03. The Kier molecular flexibility index (Phi) is 3.56. The number of nitrogens with zero attached hydrogens (tertiary/aromatic N) is 2. The Morgan fingerprint density at radius 1 is 1.26 bits per heavy atom. The van der Waals surface area contributed by atoms with Crippen LogP contribution < -0.4 is 5.32 Å². The molecule has 3 fully saturated rings. The highest BCUT2D eigenvalue weighted by Crippen LogP contribution is 2.28. The normalized spacial score (nSPS) is 40.2. The molecule has 4 nitrogen and oxygen atoms in total. The van der Waals surface area contributed by atoms with Gasteiger partial charge in [-0.05, 0) is 52.6 Å². The Labute approximate surface area is 116 Å². The van der Waals surface area contributed by atoms with Crippen LogP contribution in [-0.4, -0.2) is 59.5 Å². The van der Waals surface area contributed by atoms with E-state index in [0.29, 0.717) is 18.0 Å². The highest BCUT2D eigenvalue weighted by atomic mass is 16.2. The average molecular weight is 265 g/mol. The smallest absolute Gasteiger partial charge is 0.242 e. The average Bonchev–Trinajstić information content (AvgIpc) is 2.85. The van der Waals surface area contributed by atoms with Gasteiger partial charge < -0.3 is 10.2 Å². The van der Waals surface area contributed by atoms with E-state index in [1.165, 1.54) is 25.8 Å². The molecule has 3 aliphatic rings. The summed E-state index contributed by atoms with van der Waals surface area (Å²) in [4.78, 5) is 17.6. The lowest BCUT2D eigenvalue weighted by Gasteiger charge is -2.49. The third kappa shape index (κ3) is 2.40. The molecule has 0 spiro atoms. The number of carbonyl (C=O) groups excluding carboxylic acids is 1. The van der Waals surface area contributed by atoms with Crippen LogP contribution in [0, 0.1) is 0 Å². The van der Waals surface area contributed by atoms with Crippen LogP contribution in [0.1, 0.15) is 46.0 Å². The fourth-order valence-corrected chi connectivity index (χ4v) is 4.03. The largest absolute Gasteiger partial charge is 0.336 e. The van der Waals surface area contributed by atoms with E-state index in [4.69, 9.17) is 0 Å². The van der Waals surface area contributed by atoms with Crippen molar-refractivity contribution in [1.82, 2.24) is 15.1 Å². The minimum Gasteiger partial charge on any atom is -0.336 e. The van der Waals surface area contributed by atoms with Gasteiger partial charge >= 0.3 is 0 Å². The molecule has 1 amide bonds. The number of carbonyl (C=O) groups is 1. The summed E-state index contributed by atoms with van der Waals surface area (Å²) in [7, 11) is 0. The molecule has 108 valence electrons. The third-order valence-corrected chi connectivity index (χ3v) is 5.29. The number of nitrogens with one attached hydrogen (secondary N) is 1. The molecule has 3 unspecified atom stereocenters. The maximum Gasteiger partial charge on any atom is 0.242 e. The highest BCUT2D eigenvalue weighted by molar-refractivity contribution is 5.86. The van der Waals surface area contributed by atoms with Crippen molar-refractivity contribution in [1.29, 1.82) is 0 Å². The van der Waals surface area contributed by atoms with Crippen LogP contribution in [0.4, 0.5) is 0 Å². The Bertz CT molecular complexity index is 351. The summed E-state index contributed by atoms with van der Waals surface area (Å²) in [6, 6.07) is 0.972. The Hall–Kier alpha value is -0.610. The number of piperidine rings is 1. The van der Waals surface area contributed by atoms with Gasteiger partial charge in [0.2, 0.25) is 5.91 Å². The lowest BCUT2D eigenvalue weighted by molar-refractivity contribution is -0.144. The van der Waals surface area contributed by atoms with Gasteiger partial charge in [0, 0.05) is 25.2 Å². The molecule has 1 N–H and O–H groups in total. The second kappa shape index (κ2) is 5.06. The highest BCUT2D eigenvalue weighted by Gasteiger charge is 2.43. The molecule has 3 atom stereocenters. The zero-order chi connectivity index (χ0) is 13.5. The van der Waals surface area contributed by atoms with Crippen LogP contribution in [-0.2, 0) is 4.79 Å². The van der Waals surface area contributed by atoms with Gasteiger partial charge in [0.05, 0.1) is 5.54 Å². The second-order valence-electron chi connectivity index (χ2n) is 6.81. The number of fused-ring (bicyclic) bond motifs is 1. The molecular weight excluding hydrogens is 238 g/mol. The second-order valence-corrected chi connectivity index (χ2v) is 6.81. The van der Waals surface area contributed by atoms with Gasteiger partial charge in [0.25, 0.3) is 0 Å². The van der Waals surface area contributed by atoms with Gasteiger partial charge in [-0.15, -0.1) is 0 Å². The number of amides is 1. The first-order valence-corrected chi connectivity index (χ1v) is 7.90. The Morgan fingerprint density at radius 3 is 2.84 bits per heavy atom. The van der Waals surface area contributed by atoms with Crippen LogP contribution in [0.2, 0.25) is 0 Å². The molecule has 3 heterocycles. The number of piperazine rings is 1. The molecular formula is C15H27N3O. The predicted molar refractivity (Wildman–Crippen MR) is 76.0 cm³/mol. The van der Waals surface area contributed by atoms with Crippen LogP contribution >= 0.6 is 0 Å². The van der Waals surface area contributed by atoms with Crippen molar-refractivity contribution in [3.05, 3.63) is 0 Å². The summed E-state index contributed by atoms with van der Waals surface area (Å²) in [5.74, 6) is 0.336. The molecule has 0 aromatic heterocycles. The molecule has 3 aliphatic heterocycles.